The van der Waals surface area contributed by atoms with Crippen molar-refractivity contribution in [3.63, 3.8) is 0 Å². The van der Waals surface area contributed by atoms with Gasteiger partial charge in [0, 0.05) is 5.69 Å². The minimum atomic E-state index is 0.539. The maximum Gasteiger partial charge on any atom is 0.124 e. The van der Waals surface area contributed by atoms with E-state index in [9.17, 15) is 0 Å². The molecule has 0 atom stereocenters. The zero-order valence-corrected chi connectivity index (χ0v) is 8.33. The lowest BCUT2D eigenvalue weighted by molar-refractivity contribution is 1.14. The van der Waals surface area contributed by atoms with E-state index in [2.05, 4.69) is 35.9 Å². The van der Waals surface area contributed by atoms with Gasteiger partial charge < -0.3 is 11.1 Å². The number of nitrogens with two attached hydrogens (primary N) is 1. The van der Waals surface area contributed by atoms with E-state index in [0.29, 0.717) is 5.82 Å². The molecule has 0 saturated heterocycles. The van der Waals surface area contributed by atoms with Crippen molar-refractivity contribution in [2.24, 2.45) is 10.7 Å². The Hall–Kier alpha value is -1.77. The molecule has 1 aromatic carbocycles. The van der Waals surface area contributed by atoms with Gasteiger partial charge in [-0.05, 0) is 24.1 Å². The highest BCUT2D eigenvalue weighted by molar-refractivity contribution is 5.56. The standard InChI is InChI=1S/C11H15N3/c1-3-10-4-6-11(7-5-10)14-9(2)13-8-12/h4-8,14H,2-3H2,1H3,(H2,12,13). The number of benzene rings is 1. The van der Waals surface area contributed by atoms with Crippen LogP contribution in [0.25, 0.3) is 0 Å². The third-order valence-corrected chi connectivity index (χ3v) is 1.88. The average molecular weight is 189 g/mol. The van der Waals surface area contributed by atoms with Crippen LogP contribution >= 0.6 is 0 Å². The van der Waals surface area contributed by atoms with E-state index in [0.717, 1.165) is 12.1 Å². The molecule has 0 aliphatic rings. The largest absolute Gasteiger partial charge is 0.390 e. The molecule has 0 bridgehead atoms. The molecule has 0 heterocycles. The fourth-order valence-electron chi connectivity index (χ4n) is 1.11. The summed E-state index contributed by atoms with van der Waals surface area (Å²) in [6.45, 7) is 5.82. The topological polar surface area (TPSA) is 50.4 Å². The van der Waals surface area contributed by atoms with Crippen molar-refractivity contribution in [2.45, 2.75) is 13.3 Å². The predicted molar refractivity (Wildman–Crippen MR) is 61.3 cm³/mol. The van der Waals surface area contributed by atoms with E-state index >= 15 is 0 Å². The van der Waals surface area contributed by atoms with Crippen LogP contribution < -0.4 is 11.1 Å². The molecule has 0 aliphatic heterocycles. The Morgan fingerprint density at radius 2 is 2.14 bits per heavy atom. The summed E-state index contributed by atoms with van der Waals surface area (Å²) in [5, 5.41) is 3.02. The molecule has 3 heteroatoms. The van der Waals surface area contributed by atoms with Crippen molar-refractivity contribution in [1.82, 2.24) is 0 Å². The number of hydrogen-bond donors (Lipinski definition) is 2. The zero-order chi connectivity index (χ0) is 10.4. The SMILES string of the molecule is C=C(/N=C\N)Nc1ccc(CC)cc1. The molecule has 3 nitrogen and oxygen atoms in total. The Morgan fingerprint density at radius 1 is 1.50 bits per heavy atom. The maximum absolute atomic E-state index is 5.14. The van der Waals surface area contributed by atoms with Crippen LogP contribution in [-0.2, 0) is 6.42 Å². The van der Waals surface area contributed by atoms with Gasteiger partial charge in [0.05, 0.1) is 6.34 Å². The van der Waals surface area contributed by atoms with Gasteiger partial charge in [-0.3, -0.25) is 0 Å². The van der Waals surface area contributed by atoms with Crippen molar-refractivity contribution in [1.29, 1.82) is 0 Å². The first-order chi connectivity index (χ1) is 6.76. The van der Waals surface area contributed by atoms with Crippen molar-refractivity contribution >= 4 is 12.0 Å². The summed E-state index contributed by atoms with van der Waals surface area (Å²) in [5.41, 5.74) is 7.42. The molecule has 14 heavy (non-hydrogen) atoms. The summed E-state index contributed by atoms with van der Waals surface area (Å²) < 4.78 is 0. The van der Waals surface area contributed by atoms with E-state index in [1.54, 1.807) is 0 Å². The van der Waals surface area contributed by atoms with Crippen molar-refractivity contribution in [3.05, 3.63) is 42.2 Å². The Balaban J connectivity index is 2.64. The summed E-state index contributed by atoms with van der Waals surface area (Å²) in [6, 6.07) is 8.13. The van der Waals surface area contributed by atoms with Crippen LogP contribution in [0.5, 0.6) is 0 Å². The van der Waals surface area contributed by atoms with Gasteiger partial charge in [0.25, 0.3) is 0 Å². The summed E-state index contributed by atoms with van der Waals surface area (Å²) in [4.78, 5) is 3.81. The lowest BCUT2D eigenvalue weighted by Gasteiger charge is -2.05. The van der Waals surface area contributed by atoms with Crippen LogP contribution in [0.3, 0.4) is 0 Å². The third-order valence-electron chi connectivity index (χ3n) is 1.88. The van der Waals surface area contributed by atoms with E-state index in [1.807, 2.05) is 12.1 Å². The van der Waals surface area contributed by atoms with Crippen LogP contribution in [0.2, 0.25) is 0 Å². The average Bonchev–Trinajstić information content (AvgIpc) is 2.19. The van der Waals surface area contributed by atoms with E-state index in [1.165, 1.54) is 11.9 Å². The Labute approximate surface area is 84.4 Å². The van der Waals surface area contributed by atoms with Crippen LogP contribution in [-0.4, -0.2) is 6.34 Å². The summed E-state index contributed by atoms with van der Waals surface area (Å²) in [5.74, 6) is 0.539. The molecule has 0 radical (unpaired) electrons. The molecular formula is C11H15N3. The molecule has 74 valence electrons. The predicted octanol–water partition coefficient (Wildman–Crippen LogP) is 2.12. The number of nitrogens with zero attached hydrogens (tertiary/aromatic N) is 1. The number of hydrogen-bond acceptors (Lipinski definition) is 2. The van der Waals surface area contributed by atoms with Gasteiger partial charge in [0.15, 0.2) is 0 Å². The van der Waals surface area contributed by atoms with Gasteiger partial charge in [0.2, 0.25) is 0 Å². The van der Waals surface area contributed by atoms with Gasteiger partial charge in [-0.2, -0.15) is 0 Å². The number of nitrogens with one attached hydrogen (secondary N) is 1. The van der Waals surface area contributed by atoms with Gasteiger partial charge in [-0.1, -0.05) is 25.6 Å². The molecule has 0 aromatic heterocycles. The van der Waals surface area contributed by atoms with Crippen LogP contribution in [0.15, 0.2) is 41.7 Å². The van der Waals surface area contributed by atoms with Crippen molar-refractivity contribution in [3.8, 4) is 0 Å². The summed E-state index contributed by atoms with van der Waals surface area (Å²) in [7, 11) is 0. The number of aryl methyl sites for hydroxylation is 1. The number of rotatable bonds is 4. The monoisotopic (exact) mass is 189 g/mol. The van der Waals surface area contributed by atoms with Gasteiger partial charge in [-0.25, -0.2) is 4.99 Å². The number of anilines is 1. The molecule has 1 rings (SSSR count). The van der Waals surface area contributed by atoms with E-state index < -0.39 is 0 Å². The van der Waals surface area contributed by atoms with Crippen molar-refractivity contribution < 1.29 is 0 Å². The fraction of sp³-hybridized carbons (Fsp3) is 0.182. The molecule has 0 saturated carbocycles. The molecular weight excluding hydrogens is 174 g/mol. The molecule has 0 fully saturated rings. The van der Waals surface area contributed by atoms with Gasteiger partial charge >= 0.3 is 0 Å². The third kappa shape index (κ3) is 2.94. The second-order valence-corrected chi connectivity index (χ2v) is 2.90. The second kappa shape index (κ2) is 5.07. The molecule has 1 aromatic rings. The molecule has 0 aliphatic carbocycles. The summed E-state index contributed by atoms with van der Waals surface area (Å²) in [6.07, 6.45) is 2.26. The lowest BCUT2D eigenvalue weighted by atomic mass is 10.1. The van der Waals surface area contributed by atoms with E-state index in [4.69, 9.17) is 5.73 Å². The van der Waals surface area contributed by atoms with Crippen LogP contribution in [0.4, 0.5) is 5.69 Å². The van der Waals surface area contributed by atoms with Crippen LogP contribution in [0, 0.1) is 0 Å². The molecule has 3 N–H and O–H groups in total. The minimum absolute atomic E-state index is 0.539. The minimum Gasteiger partial charge on any atom is -0.390 e. The first-order valence-corrected chi connectivity index (χ1v) is 4.55. The Morgan fingerprint density at radius 3 is 2.64 bits per heavy atom. The Bertz CT molecular complexity index is 325. The highest BCUT2D eigenvalue weighted by Gasteiger charge is 1.93. The zero-order valence-electron chi connectivity index (χ0n) is 8.33. The van der Waals surface area contributed by atoms with Crippen molar-refractivity contribution in [2.75, 3.05) is 5.32 Å². The lowest BCUT2D eigenvalue weighted by Crippen LogP contribution is -1.98. The smallest absolute Gasteiger partial charge is 0.124 e. The molecule has 0 amide bonds. The molecule has 0 spiro atoms. The van der Waals surface area contributed by atoms with E-state index in [-0.39, 0.29) is 0 Å². The van der Waals surface area contributed by atoms with Gasteiger partial charge in [0.1, 0.15) is 5.82 Å². The summed E-state index contributed by atoms with van der Waals surface area (Å²) >= 11 is 0. The fourth-order valence-corrected chi connectivity index (χ4v) is 1.11. The molecule has 0 unspecified atom stereocenters. The first kappa shape index (κ1) is 10.3. The normalized spacial score (nSPS) is 10.4. The highest BCUT2D eigenvalue weighted by Crippen LogP contribution is 2.11. The second-order valence-electron chi connectivity index (χ2n) is 2.90. The maximum atomic E-state index is 5.14. The first-order valence-electron chi connectivity index (χ1n) is 4.55. The quantitative estimate of drug-likeness (QED) is 0.563. The van der Waals surface area contributed by atoms with Crippen LogP contribution in [0.1, 0.15) is 12.5 Å². The Kier molecular flexibility index (Phi) is 3.73. The number of aliphatic imine (C=N–C) groups is 1. The highest BCUT2D eigenvalue weighted by atomic mass is 15.0. The van der Waals surface area contributed by atoms with Gasteiger partial charge in [-0.15, -0.1) is 0 Å².